The maximum absolute atomic E-state index is 12.4. The zero-order valence-electron chi connectivity index (χ0n) is 15.0. The topological polar surface area (TPSA) is 66.7 Å². The van der Waals surface area contributed by atoms with E-state index in [1.54, 1.807) is 24.4 Å². The predicted octanol–water partition coefficient (Wildman–Crippen LogP) is 2.26. The Morgan fingerprint density at radius 1 is 1.23 bits per heavy atom. The molecule has 0 bridgehead atoms. The van der Waals surface area contributed by atoms with Gasteiger partial charge in [-0.2, -0.15) is 0 Å². The first-order valence-corrected chi connectivity index (χ1v) is 8.66. The van der Waals surface area contributed by atoms with Gasteiger partial charge in [-0.05, 0) is 43.7 Å². The Balaban J connectivity index is 1.67. The largest absolute Gasteiger partial charge is 0.370 e. The van der Waals surface area contributed by atoms with E-state index in [0.717, 1.165) is 12.2 Å². The predicted molar refractivity (Wildman–Crippen MR) is 103 cm³/mol. The number of hydrogen-bond acceptors (Lipinski definition) is 4. The molecule has 0 aliphatic rings. The van der Waals surface area contributed by atoms with Gasteiger partial charge in [0.1, 0.15) is 11.2 Å². The van der Waals surface area contributed by atoms with Gasteiger partial charge >= 0.3 is 0 Å². The summed E-state index contributed by atoms with van der Waals surface area (Å²) in [5.41, 5.74) is 2.52. The first-order valence-electron chi connectivity index (χ1n) is 8.66. The molecule has 0 atom stereocenters. The Hall–Kier alpha value is -3.15. The summed E-state index contributed by atoms with van der Waals surface area (Å²) in [4.78, 5) is 31.2. The van der Waals surface area contributed by atoms with Crippen LogP contribution in [0.5, 0.6) is 0 Å². The van der Waals surface area contributed by atoms with Crippen LogP contribution in [0.1, 0.15) is 22.8 Å². The van der Waals surface area contributed by atoms with E-state index >= 15 is 0 Å². The minimum atomic E-state index is -0.402. The van der Waals surface area contributed by atoms with Crippen molar-refractivity contribution >= 4 is 17.2 Å². The molecule has 2 aromatic heterocycles. The number of nitrogens with zero attached hydrogens (tertiary/aromatic N) is 3. The molecule has 1 amide bonds. The average molecular weight is 350 g/mol. The molecule has 3 aromatic rings. The molecule has 0 saturated carbocycles. The van der Waals surface area contributed by atoms with E-state index in [1.165, 1.54) is 16.2 Å². The zero-order valence-corrected chi connectivity index (χ0v) is 15.0. The third-order valence-electron chi connectivity index (χ3n) is 4.27. The lowest BCUT2D eigenvalue weighted by Gasteiger charge is -2.23. The fourth-order valence-corrected chi connectivity index (χ4v) is 2.88. The van der Waals surface area contributed by atoms with E-state index in [2.05, 4.69) is 47.2 Å². The van der Waals surface area contributed by atoms with Crippen molar-refractivity contribution in [3.05, 3.63) is 76.3 Å². The van der Waals surface area contributed by atoms with Gasteiger partial charge in [-0.15, -0.1) is 0 Å². The number of fused-ring (bicyclic) bond motifs is 1. The van der Waals surface area contributed by atoms with Crippen molar-refractivity contribution in [1.82, 2.24) is 14.7 Å². The molecule has 1 aromatic carbocycles. The van der Waals surface area contributed by atoms with Crippen LogP contribution in [-0.2, 0) is 0 Å². The van der Waals surface area contributed by atoms with Crippen molar-refractivity contribution < 1.29 is 4.79 Å². The number of carbonyl (C=O) groups is 1. The van der Waals surface area contributed by atoms with Gasteiger partial charge in [0.05, 0.1) is 0 Å². The molecular weight excluding hydrogens is 328 g/mol. The smallest absolute Gasteiger partial charge is 0.270 e. The normalized spacial score (nSPS) is 10.7. The van der Waals surface area contributed by atoms with Gasteiger partial charge in [-0.25, -0.2) is 4.98 Å². The number of amides is 1. The number of anilines is 1. The average Bonchev–Trinajstić information content (AvgIpc) is 2.65. The zero-order chi connectivity index (χ0) is 18.5. The molecule has 6 nitrogen and oxygen atoms in total. The Morgan fingerprint density at radius 2 is 2.08 bits per heavy atom. The lowest BCUT2D eigenvalue weighted by atomic mass is 10.2. The summed E-state index contributed by atoms with van der Waals surface area (Å²) < 4.78 is 1.38. The van der Waals surface area contributed by atoms with Gasteiger partial charge in [0.25, 0.3) is 11.5 Å². The van der Waals surface area contributed by atoms with Crippen molar-refractivity contribution in [3.63, 3.8) is 0 Å². The number of pyridine rings is 1. The molecule has 2 heterocycles. The van der Waals surface area contributed by atoms with Crippen molar-refractivity contribution in [1.29, 1.82) is 0 Å². The van der Waals surface area contributed by atoms with Crippen LogP contribution in [0.4, 0.5) is 5.69 Å². The van der Waals surface area contributed by atoms with Crippen LogP contribution < -0.4 is 15.8 Å². The van der Waals surface area contributed by atoms with Gasteiger partial charge in [0.2, 0.25) is 0 Å². The number of hydrogen-bond donors (Lipinski definition) is 1. The number of rotatable bonds is 6. The second-order valence-corrected chi connectivity index (χ2v) is 6.08. The second kappa shape index (κ2) is 7.82. The van der Waals surface area contributed by atoms with Crippen LogP contribution in [-0.4, -0.2) is 34.9 Å². The lowest BCUT2D eigenvalue weighted by Crippen LogP contribution is -2.37. The molecule has 0 aliphatic carbocycles. The number of carbonyl (C=O) groups excluding carboxylic acids is 1. The van der Waals surface area contributed by atoms with Crippen LogP contribution in [0.25, 0.3) is 5.65 Å². The third kappa shape index (κ3) is 3.74. The number of nitrogens with one attached hydrogen (secondary N) is 1. The third-order valence-corrected chi connectivity index (χ3v) is 4.27. The van der Waals surface area contributed by atoms with E-state index in [0.29, 0.717) is 18.7 Å². The van der Waals surface area contributed by atoms with Gasteiger partial charge < -0.3 is 10.2 Å². The standard InChI is InChI=1S/C20H22N4O2/c1-3-23(16-8-6-7-15(2)13-16)12-10-21-19(25)17-14-22-18-9-4-5-11-24(18)20(17)26/h4-9,11,13-14H,3,10,12H2,1-2H3,(H,21,25). The molecule has 0 spiro atoms. The van der Waals surface area contributed by atoms with E-state index in [-0.39, 0.29) is 11.1 Å². The molecule has 134 valence electrons. The van der Waals surface area contributed by atoms with Crippen molar-refractivity contribution in [3.8, 4) is 0 Å². The molecule has 3 rings (SSSR count). The Bertz CT molecular complexity index is 981. The van der Waals surface area contributed by atoms with Crippen molar-refractivity contribution in [2.45, 2.75) is 13.8 Å². The SMILES string of the molecule is CCN(CCNC(=O)c1cnc2ccccn2c1=O)c1cccc(C)c1. The minimum absolute atomic E-state index is 0.0484. The van der Waals surface area contributed by atoms with Crippen LogP contribution >= 0.6 is 0 Å². The van der Waals surface area contributed by atoms with Gasteiger partial charge in [-0.1, -0.05) is 18.2 Å². The summed E-state index contributed by atoms with van der Waals surface area (Å²) in [5, 5.41) is 2.82. The lowest BCUT2D eigenvalue weighted by molar-refractivity contribution is 0.0952. The summed E-state index contributed by atoms with van der Waals surface area (Å²) in [6, 6.07) is 13.5. The minimum Gasteiger partial charge on any atom is -0.370 e. The van der Waals surface area contributed by atoms with Crippen LogP contribution in [0.3, 0.4) is 0 Å². The summed E-state index contributed by atoms with van der Waals surface area (Å²) in [6.07, 6.45) is 2.95. The highest BCUT2D eigenvalue weighted by atomic mass is 16.2. The fourth-order valence-electron chi connectivity index (χ4n) is 2.88. The van der Waals surface area contributed by atoms with Crippen molar-refractivity contribution in [2.75, 3.05) is 24.5 Å². The first kappa shape index (κ1) is 17.7. The van der Waals surface area contributed by atoms with E-state index in [4.69, 9.17) is 0 Å². The number of aryl methyl sites for hydroxylation is 1. The molecular formula is C20H22N4O2. The molecule has 0 radical (unpaired) electrons. The van der Waals surface area contributed by atoms with Crippen LogP contribution in [0.2, 0.25) is 0 Å². The Labute approximate surface area is 152 Å². The van der Waals surface area contributed by atoms with E-state index in [9.17, 15) is 9.59 Å². The number of benzene rings is 1. The highest BCUT2D eigenvalue weighted by Gasteiger charge is 2.13. The highest BCUT2D eigenvalue weighted by molar-refractivity contribution is 5.93. The summed E-state index contributed by atoms with van der Waals surface area (Å²) >= 11 is 0. The molecule has 0 saturated heterocycles. The van der Waals surface area contributed by atoms with Crippen LogP contribution in [0.15, 0.2) is 59.7 Å². The summed E-state index contributed by atoms with van der Waals surface area (Å²) in [6.45, 7) is 6.06. The summed E-state index contributed by atoms with van der Waals surface area (Å²) in [7, 11) is 0. The second-order valence-electron chi connectivity index (χ2n) is 6.08. The molecule has 1 N–H and O–H groups in total. The van der Waals surface area contributed by atoms with Crippen LogP contribution in [0, 0.1) is 6.92 Å². The monoisotopic (exact) mass is 350 g/mol. The van der Waals surface area contributed by atoms with Crippen molar-refractivity contribution in [2.24, 2.45) is 0 Å². The van der Waals surface area contributed by atoms with Gasteiger partial charge in [0.15, 0.2) is 0 Å². The first-order chi connectivity index (χ1) is 12.6. The molecule has 0 unspecified atom stereocenters. The van der Waals surface area contributed by atoms with Gasteiger partial charge in [-0.3, -0.25) is 14.0 Å². The molecule has 0 aliphatic heterocycles. The van der Waals surface area contributed by atoms with E-state index in [1.807, 2.05) is 6.07 Å². The van der Waals surface area contributed by atoms with Gasteiger partial charge in [0, 0.05) is 37.7 Å². The Morgan fingerprint density at radius 3 is 2.85 bits per heavy atom. The number of aromatic nitrogens is 2. The molecule has 26 heavy (non-hydrogen) atoms. The van der Waals surface area contributed by atoms with E-state index < -0.39 is 5.91 Å². The fraction of sp³-hybridized carbons (Fsp3) is 0.250. The molecule has 6 heteroatoms. The quantitative estimate of drug-likeness (QED) is 0.740. The molecule has 0 fully saturated rings. The number of likely N-dealkylation sites (N-methyl/N-ethyl adjacent to an activating group) is 1. The Kier molecular flexibility index (Phi) is 5.31. The maximum atomic E-state index is 12.4. The maximum Gasteiger partial charge on any atom is 0.270 e. The highest BCUT2D eigenvalue weighted by Crippen LogP contribution is 2.14. The summed E-state index contributed by atoms with van der Waals surface area (Å²) in [5.74, 6) is -0.402.